The molecule has 4 heteroatoms. The normalized spacial score (nSPS) is 38.4. The molecule has 0 aromatic rings. The first-order valence-electron chi connectivity index (χ1n) is 8.22. The molecule has 1 N–H and O–H groups in total. The van der Waals surface area contributed by atoms with E-state index in [4.69, 9.17) is 9.47 Å². The van der Waals surface area contributed by atoms with E-state index in [0.29, 0.717) is 12.6 Å². The lowest BCUT2D eigenvalue weighted by atomic mass is 9.81. The summed E-state index contributed by atoms with van der Waals surface area (Å²) in [6.07, 6.45) is 10.5. The summed E-state index contributed by atoms with van der Waals surface area (Å²) in [5.74, 6) is 0. The van der Waals surface area contributed by atoms with Crippen molar-refractivity contribution in [2.45, 2.75) is 81.6 Å². The van der Waals surface area contributed by atoms with Crippen LogP contribution in [0.2, 0.25) is 0 Å². The van der Waals surface area contributed by atoms with Crippen molar-refractivity contribution in [2.75, 3.05) is 13.2 Å². The summed E-state index contributed by atoms with van der Waals surface area (Å²) in [6.45, 7) is 1.58. The van der Waals surface area contributed by atoms with Gasteiger partial charge in [-0.25, -0.2) is 0 Å². The first kappa shape index (κ1) is 14.3. The zero-order chi connectivity index (χ0) is 13.8. The van der Waals surface area contributed by atoms with Crippen LogP contribution in [0.3, 0.4) is 0 Å². The van der Waals surface area contributed by atoms with Crippen LogP contribution in [0.5, 0.6) is 0 Å². The van der Waals surface area contributed by atoms with E-state index >= 15 is 0 Å². The highest BCUT2D eigenvalue weighted by molar-refractivity contribution is 5.12. The van der Waals surface area contributed by atoms with Crippen LogP contribution in [-0.4, -0.2) is 37.0 Å². The number of nitrogens with one attached hydrogen (secondary N) is 1. The molecule has 0 radical (unpaired) electrons. The number of rotatable bonds is 5. The van der Waals surface area contributed by atoms with E-state index in [-0.39, 0.29) is 17.7 Å². The average Bonchev–Trinajstić information content (AvgIpc) is 3.30. The van der Waals surface area contributed by atoms with Crippen LogP contribution in [-0.2, 0) is 9.47 Å². The number of hydrogen-bond donors (Lipinski definition) is 1. The van der Waals surface area contributed by atoms with Gasteiger partial charge in [0.05, 0.1) is 24.9 Å². The lowest BCUT2D eigenvalue weighted by Gasteiger charge is -2.37. The molecule has 3 unspecified atom stereocenters. The molecule has 0 spiro atoms. The summed E-state index contributed by atoms with van der Waals surface area (Å²) in [7, 11) is 0. The lowest BCUT2D eigenvalue weighted by Crippen LogP contribution is -2.50. The highest BCUT2D eigenvalue weighted by Crippen LogP contribution is 2.33. The standard InChI is InChI=1S/C16H26N2O2/c17-12-16(18-13-6-7-13)8-3-5-14(10-16)20-11-15-4-1-2-9-19-15/h13-15,18H,1-11H2. The maximum atomic E-state index is 9.56. The van der Waals surface area contributed by atoms with Crippen molar-refractivity contribution in [3.63, 3.8) is 0 Å². The Hall–Kier alpha value is -0.630. The number of hydrogen-bond acceptors (Lipinski definition) is 4. The molecule has 0 bridgehead atoms. The Morgan fingerprint density at radius 1 is 1.20 bits per heavy atom. The number of nitriles is 1. The molecule has 112 valence electrons. The van der Waals surface area contributed by atoms with E-state index in [1.165, 1.54) is 25.7 Å². The van der Waals surface area contributed by atoms with Crippen molar-refractivity contribution in [1.29, 1.82) is 5.26 Å². The molecule has 3 aliphatic rings. The predicted molar refractivity (Wildman–Crippen MR) is 76.3 cm³/mol. The maximum absolute atomic E-state index is 9.56. The van der Waals surface area contributed by atoms with Crippen LogP contribution in [0.1, 0.15) is 57.8 Å². The SMILES string of the molecule is N#CC1(NC2CC2)CCCC(OCC2CCCCO2)C1. The molecule has 1 aliphatic heterocycles. The van der Waals surface area contributed by atoms with E-state index < -0.39 is 0 Å². The highest BCUT2D eigenvalue weighted by Gasteiger charge is 2.41. The quantitative estimate of drug-likeness (QED) is 0.839. The largest absolute Gasteiger partial charge is 0.376 e. The zero-order valence-electron chi connectivity index (χ0n) is 12.3. The fourth-order valence-corrected chi connectivity index (χ4v) is 3.43. The minimum atomic E-state index is -0.336. The van der Waals surface area contributed by atoms with Crippen LogP contribution in [0.15, 0.2) is 0 Å². The predicted octanol–water partition coefficient (Wildman–Crippen LogP) is 2.53. The third kappa shape index (κ3) is 3.72. The van der Waals surface area contributed by atoms with Crippen molar-refractivity contribution in [3.8, 4) is 6.07 Å². The van der Waals surface area contributed by atoms with Crippen molar-refractivity contribution in [3.05, 3.63) is 0 Å². The Labute approximate surface area is 121 Å². The second-order valence-corrected chi connectivity index (χ2v) is 6.65. The van der Waals surface area contributed by atoms with E-state index in [1.54, 1.807) is 0 Å². The molecular formula is C16H26N2O2. The molecule has 3 fully saturated rings. The van der Waals surface area contributed by atoms with Crippen LogP contribution >= 0.6 is 0 Å². The van der Waals surface area contributed by atoms with Crippen LogP contribution < -0.4 is 5.32 Å². The van der Waals surface area contributed by atoms with Gasteiger partial charge < -0.3 is 9.47 Å². The van der Waals surface area contributed by atoms with Gasteiger partial charge in [-0.1, -0.05) is 0 Å². The van der Waals surface area contributed by atoms with Crippen LogP contribution in [0.25, 0.3) is 0 Å². The van der Waals surface area contributed by atoms with Gasteiger partial charge in [-0.2, -0.15) is 5.26 Å². The second-order valence-electron chi connectivity index (χ2n) is 6.65. The van der Waals surface area contributed by atoms with E-state index in [0.717, 1.165) is 38.7 Å². The first-order chi connectivity index (χ1) is 9.80. The van der Waals surface area contributed by atoms with Gasteiger partial charge in [0.2, 0.25) is 0 Å². The monoisotopic (exact) mass is 278 g/mol. The molecule has 0 aromatic carbocycles. The van der Waals surface area contributed by atoms with Gasteiger partial charge in [0, 0.05) is 19.1 Å². The first-order valence-corrected chi connectivity index (χ1v) is 8.22. The summed E-state index contributed by atoms with van der Waals surface area (Å²) < 4.78 is 11.8. The number of ether oxygens (including phenoxy) is 2. The van der Waals surface area contributed by atoms with Gasteiger partial charge in [0.15, 0.2) is 0 Å². The average molecular weight is 278 g/mol. The minimum absolute atomic E-state index is 0.222. The van der Waals surface area contributed by atoms with Gasteiger partial charge in [-0.05, 0) is 51.4 Å². The summed E-state index contributed by atoms with van der Waals surface area (Å²) in [5, 5.41) is 13.1. The van der Waals surface area contributed by atoms with E-state index in [2.05, 4.69) is 11.4 Å². The fraction of sp³-hybridized carbons (Fsp3) is 0.938. The Morgan fingerprint density at radius 3 is 2.80 bits per heavy atom. The molecule has 2 aliphatic carbocycles. The zero-order valence-corrected chi connectivity index (χ0v) is 12.3. The molecule has 20 heavy (non-hydrogen) atoms. The van der Waals surface area contributed by atoms with Gasteiger partial charge in [-0.15, -0.1) is 0 Å². The third-order valence-electron chi connectivity index (χ3n) is 4.77. The molecule has 3 rings (SSSR count). The smallest absolute Gasteiger partial charge is 0.109 e. The van der Waals surface area contributed by atoms with Gasteiger partial charge in [0.1, 0.15) is 5.54 Å². The molecule has 0 amide bonds. The topological polar surface area (TPSA) is 54.3 Å². The molecular weight excluding hydrogens is 252 g/mol. The van der Waals surface area contributed by atoms with Crippen molar-refractivity contribution < 1.29 is 9.47 Å². The van der Waals surface area contributed by atoms with Crippen LogP contribution in [0, 0.1) is 11.3 Å². The second kappa shape index (κ2) is 6.43. The summed E-state index contributed by atoms with van der Waals surface area (Å²) in [6, 6.07) is 3.11. The fourth-order valence-electron chi connectivity index (χ4n) is 3.43. The summed E-state index contributed by atoms with van der Waals surface area (Å²) in [4.78, 5) is 0. The molecule has 2 saturated carbocycles. The summed E-state index contributed by atoms with van der Waals surface area (Å²) in [5.41, 5.74) is -0.336. The van der Waals surface area contributed by atoms with Crippen LogP contribution in [0.4, 0.5) is 0 Å². The Kier molecular flexibility index (Phi) is 4.60. The van der Waals surface area contributed by atoms with Crippen molar-refractivity contribution in [2.24, 2.45) is 0 Å². The highest BCUT2D eigenvalue weighted by atomic mass is 16.5. The molecule has 3 atom stereocenters. The Balaban J connectivity index is 1.47. The molecule has 1 saturated heterocycles. The number of nitrogens with zero attached hydrogens (tertiary/aromatic N) is 1. The van der Waals surface area contributed by atoms with E-state index in [1.807, 2.05) is 0 Å². The third-order valence-corrected chi connectivity index (χ3v) is 4.77. The van der Waals surface area contributed by atoms with E-state index in [9.17, 15) is 5.26 Å². The molecule has 0 aromatic heterocycles. The van der Waals surface area contributed by atoms with Crippen molar-refractivity contribution >= 4 is 0 Å². The maximum Gasteiger partial charge on any atom is 0.109 e. The Bertz CT molecular complexity index is 358. The van der Waals surface area contributed by atoms with Gasteiger partial charge in [0.25, 0.3) is 0 Å². The van der Waals surface area contributed by atoms with Gasteiger partial charge >= 0.3 is 0 Å². The van der Waals surface area contributed by atoms with Crippen molar-refractivity contribution in [1.82, 2.24) is 5.32 Å². The minimum Gasteiger partial charge on any atom is -0.376 e. The summed E-state index contributed by atoms with van der Waals surface area (Å²) >= 11 is 0. The molecule has 4 nitrogen and oxygen atoms in total. The lowest BCUT2D eigenvalue weighted by molar-refractivity contribution is -0.0754. The van der Waals surface area contributed by atoms with Gasteiger partial charge in [-0.3, -0.25) is 5.32 Å². The Morgan fingerprint density at radius 2 is 2.10 bits per heavy atom. The molecule has 1 heterocycles.